The molecule has 0 fully saturated rings. The second-order valence-corrected chi connectivity index (χ2v) is 4.55. The van der Waals surface area contributed by atoms with Crippen molar-refractivity contribution in [3.05, 3.63) is 53.7 Å². The van der Waals surface area contributed by atoms with Crippen molar-refractivity contribution in [2.45, 2.75) is 6.92 Å². The lowest BCUT2D eigenvalue weighted by molar-refractivity contribution is 0.0776. The van der Waals surface area contributed by atoms with E-state index in [0.717, 1.165) is 10.9 Å². The fraction of sp³-hybridized carbons (Fsp3) is 0.200. The first-order valence-electron chi connectivity index (χ1n) is 6.12. The molecule has 0 saturated carbocycles. The molecule has 0 aliphatic rings. The van der Waals surface area contributed by atoms with Crippen LogP contribution in [0.2, 0.25) is 5.02 Å². The predicted octanol–water partition coefficient (Wildman–Crippen LogP) is 3.54. The van der Waals surface area contributed by atoms with E-state index < -0.39 is 0 Å². The largest absolute Gasteiger partial charge is 0.334 e. The SMILES string of the molecule is C=CCN(CC)C(=O)c1cc(Cl)c2ccccc2n1. The summed E-state index contributed by atoms with van der Waals surface area (Å²) in [5, 5.41) is 1.40. The predicted molar refractivity (Wildman–Crippen MR) is 78.5 cm³/mol. The van der Waals surface area contributed by atoms with Crippen molar-refractivity contribution in [3.8, 4) is 0 Å². The summed E-state index contributed by atoms with van der Waals surface area (Å²) in [5.74, 6) is -0.130. The van der Waals surface area contributed by atoms with Crippen molar-refractivity contribution in [3.63, 3.8) is 0 Å². The first-order chi connectivity index (χ1) is 9.17. The Labute approximate surface area is 117 Å². The molecule has 0 saturated heterocycles. The molecule has 4 heteroatoms. The van der Waals surface area contributed by atoms with Gasteiger partial charge in [-0.25, -0.2) is 4.98 Å². The Hall–Kier alpha value is -1.87. The number of pyridine rings is 1. The van der Waals surface area contributed by atoms with Gasteiger partial charge >= 0.3 is 0 Å². The van der Waals surface area contributed by atoms with Crippen molar-refractivity contribution in [1.82, 2.24) is 9.88 Å². The maximum atomic E-state index is 12.3. The van der Waals surface area contributed by atoms with Gasteiger partial charge in [0, 0.05) is 18.5 Å². The van der Waals surface area contributed by atoms with Crippen LogP contribution in [0.25, 0.3) is 10.9 Å². The zero-order valence-electron chi connectivity index (χ0n) is 10.8. The molecule has 3 nitrogen and oxygen atoms in total. The highest BCUT2D eigenvalue weighted by atomic mass is 35.5. The van der Waals surface area contributed by atoms with Crippen LogP contribution in [0.15, 0.2) is 43.0 Å². The molecule has 2 rings (SSSR count). The van der Waals surface area contributed by atoms with Crippen LogP contribution in [0.3, 0.4) is 0 Å². The van der Waals surface area contributed by atoms with E-state index in [1.165, 1.54) is 0 Å². The van der Waals surface area contributed by atoms with Gasteiger partial charge in [-0.2, -0.15) is 0 Å². The molecule has 1 aromatic heterocycles. The summed E-state index contributed by atoms with van der Waals surface area (Å²) < 4.78 is 0. The third kappa shape index (κ3) is 2.76. The number of aromatic nitrogens is 1. The molecule has 2 aromatic rings. The Morgan fingerprint density at radius 1 is 1.47 bits per heavy atom. The number of nitrogens with zero attached hydrogens (tertiary/aromatic N) is 2. The Balaban J connectivity index is 2.45. The minimum Gasteiger partial charge on any atom is -0.334 e. The normalized spacial score (nSPS) is 10.4. The van der Waals surface area contributed by atoms with Gasteiger partial charge in [0.05, 0.1) is 10.5 Å². The Morgan fingerprint density at radius 3 is 2.89 bits per heavy atom. The highest BCUT2D eigenvalue weighted by Crippen LogP contribution is 2.23. The summed E-state index contributed by atoms with van der Waals surface area (Å²) in [7, 11) is 0. The number of likely N-dealkylation sites (N-methyl/N-ethyl adjacent to an activating group) is 1. The number of fused-ring (bicyclic) bond motifs is 1. The van der Waals surface area contributed by atoms with E-state index in [1.807, 2.05) is 31.2 Å². The van der Waals surface area contributed by atoms with Gasteiger partial charge in [-0.3, -0.25) is 4.79 Å². The average molecular weight is 275 g/mol. The molecule has 19 heavy (non-hydrogen) atoms. The quantitative estimate of drug-likeness (QED) is 0.799. The summed E-state index contributed by atoms with van der Waals surface area (Å²) in [5.41, 5.74) is 1.10. The Morgan fingerprint density at radius 2 is 2.21 bits per heavy atom. The first-order valence-corrected chi connectivity index (χ1v) is 6.50. The highest BCUT2D eigenvalue weighted by Gasteiger charge is 2.16. The van der Waals surface area contributed by atoms with Gasteiger partial charge < -0.3 is 4.90 Å². The molecule has 0 N–H and O–H groups in total. The van der Waals surface area contributed by atoms with E-state index in [-0.39, 0.29) is 5.91 Å². The fourth-order valence-electron chi connectivity index (χ4n) is 1.92. The lowest BCUT2D eigenvalue weighted by atomic mass is 10.2. The lowest BCUT2D eigenvalue weighted by Gasteiger charge is -2.18. The van der Waals surface area contributed by atoms with Crippen molar-refractivity contribution in [2.24, 2.45) is 0 Å². The zero-order chi connectivity index (χ0) is 13.8. The summed E-state index contributed by atoms with van der Waals surface area (Å²) in [6, 6.07) is 9.13. The van der Waals surface area contributed by atoms with Gasteiger partial charge in [-0.1, -0.05) is 35.9 Å². The van der Waals surface area contributed by atoms with Crippen LogP contribution < -0.4 is 0 Å². The van der Waals surface area contributed by atoms with Crippen molar-refractivity contribution >= 4 is 28.4 Å². The van der Waals surface area contributed by atoms with Crippen molar-refractivity contribution < 1.29 is 4.79 Å². The standard InChI is InChI=1S/C15H15ClN2O/c1-3-9-18(4-2)15(19)14-10-12(16)11-7-5-6-8-13(11)17-14/h3,5-8,10H,1,4,9H2,2H3. The summed E-state index contributed by atoms with van der Waals surface area (Å²) in [6.45, 7) is 6.68. The van der Waals surface area contributed by atoms with Crippen LogP contribution in [0.5, 0.6) is 0 Å². The van der Waals surface area contributed by atoms with Crippen LogP contribution in [-0.2, 0) is 0 Å². The number of halogens is 1. The topological polar surface area (TPSA) is 33.2 Å². The molecule has 0 unspecified atom stereocenters. The van der Waals surface area contributed by atoms with E-state index in [1.54, 1.807) is 17.0 Å². The molecule has 0 aliphatic heterocycles. The second-order valence-electron chi connectivity index (χ2n) is 4.14. The van der Waals surface area contributed by atoms with Crippen molar-refractivity contribution in [2.75, 3.05) is 13.1 Å². The van der Waals surface area contributed by atoms with Gasteiger partial charge in [0.25, 0.3) is 5.91 Å². The second kappa shape index (κ2) is 5.85. The van der Waals surface area contributed by atoms with Crippen LogP contribution in [0, 0.1) is 0 Å². The van der Waals surface area contributed by atoms with E-state index in [4.69, 9.17) is 11.6 Å². The van der Waals surface area contributed by atoms with E-state index in [0.29, 0.717) is 23.8 Å². The van der Waals surface area contributed by atoms with Crippen LogP contribution in [0.1, 0.15) is 17.4 Å². The molecule has 0 radical (unpaired) electrons. The van der Waals surface area contributed by atoms with Gasteiger partial charge in [-0.05, 0) is 19.1 Å². The first kappa shape index (κ1) is 13.6. The van der Waals surface area contributed by atoms with Gasteiger partial charge in [0.15, 0.2) is 0 Å². The molecule has 1 aromatic carbocycles. The average Bonchev–Trinajstić information content (AvgIpc) is 2.44. The third-order valence-corrected chi connectivity index (χ3v) is 3.22. The molecule has 0 atom stereocenters. The van der Waals surface area contributed by atoms with Gasteiger partial charge in [0.1, 0.15) is 5.69 Å². The van der Waals surface area contributed by atoms with Gasteiger partial charge in [-0.15, -0.1) is 6.58 Å². The number of amides is 1. The van der Waals surface area contributed by atoms with Crippen molar-refractivity contribution in [1.29, 1.82) is 0 Å². The van der Waals surface area contributed by atoms with E-state index in [2.05, 4.69) is 11.6 Å². The van der Waals surface area contributed by atoms with Crippen LogP contribution >= 0.6 is 11.6 Å². The number of carbonyl (C=O) groups excluding carboxylic acids is 1. The number of hydrogen-bond donors (Lipinski definition) is 0. The summed E-state index contributed by atoms with van der Waals surface area (Å²) in [6.07, 6.45) is 1.70. The number of benzene rings is 1. The molecule has 1 amide bonds. The van der Waals surface area contributed by atoms with Crippen LogP contribution in [-0.4, -0.2) is 28.9 Å². The monoisotopic (exact) mass is 274 g/mol. The van der Waals surface area contributed by atoms with E-state index in [9.17, 15) is 4.79 Å². The Kier molecular flexibility index (Phi) is 4.17. The molecule has 1 heterocycles. The summed E-state index contributed by atoms with van der Waals surface area (Å²) in [4.78, 5) is 18.4. The molecular weight excluding hydrogens is 260 g/mol. The molecule has 0 aliphatic carbocycles. The smallest absolute Gasteiger partial charge is 0.272 e. The van der Waals surface area contributed by atoms with E-state index >= 15 is 0 Å². The molecular formula is C15H15ClN2O. The molecule has 0 spiro atoms. The zero-order valence-corrected chi connectivity index (χ0v) is 11.5. The Bertz CT molecular complexity index is 625. The number of hydrogen-bond acceptors (Lipinski definition) is 2. The minimum atomic E-state index is -0.130. The number of carbonyl (C=O) groups is 1. The fourth-order valence-corrected chi connectivity index (χ4v) is 2.18. The minimum absolute atomic E-state index is 0.130. The third-order valence-electron chi connectivity index (χ3n) is 2.90. The summed E-state index contributed by atoms with van der Waals surface area (Å²) >= 11 is 6.20. The van der Waals surface area contributed by atoms with Crippen LogP contribution in [0.4, 0.5) is 0 Å². The number of para-hydroxylation sites is 1. The van der Waals surface area contributed by atoms with Gasteiger partial charge in [0.2, 0.25) is 0 Å². The lowest BCUT2D eigenvalue weighted by Crippen LogP contribution is -2.31. The maximum Gasteiger partial charge on any atom is 0.272 e. The molecule has 98 valence electrons. The molecule has 0 bridgehead atoms. The highest BCUT2D eigenvalue weighted by molar-refractivity contribution is 6.35. The number of rotatable bonds is 4. The maximum absolute atomic E-state index is 12.3.